The number of hydrogen-bond acceptors (Lipinski definition) is 3. The van der Waals surface area contributed by atoms with Crippen LogP contribution in [-0.4, -0.2) is 27.2 Å². The van der Waals surface area contributed by atoms with Crippen molar-refractivity contribution in [3.8, 4) is 0 Å². The van der Waals surface area contributed by atoms with Gasteiger partial charge in [0, 0.05) is 25.2 Å². The first-order valence-corrected chi connectivity index (χ1v) is 7.76. The van der Waals surface area contributed by atoms with Crippen molar-refractivity contribution in [3.63, 3.8) is 0 Å². The zero-order valence-corrected chi connectivity index (χ0v) is 12.4. The van der Waals surface area contributed by atoms with E-state index in [-0.39, 0.29) is 0 Å². The average Bonchev–Trinajstić information content (AvgIpc) is 2.86. The number of hydrogen-bond donors (Lipinski definition) is 1. The maximum absolute atomic E-state index is 4.28. The van der Waals surface area contributed by atoms with Gasteiger partial charge in [0.2, 0.25) is 0 Å². The van der Waals surface area contributed by atoms with Crippen molar-refractivity contribution in [2.75, 3.05) is 6.54 Å². The Hall–Kier alpha value is -1.42. The third-order valence-corrected chi connectivity index (χ3v) is 4.76. The summed E-state index contributed by atoms with van der Waals surface area (Å²) in [6, 6.07) is 6.70. The molecule has 108 valence electrons. The van der Waals surface area contributed by atoms with Crippen LogP contribution in [0.5, 0.6) is 0 Å². The van der Waals surface area contributed by atoms with Gasteiger partial charge >= 0.3 is 0 Å². The van der Waals surface area contributed by atoms with Crippen LogP contribution in [0, 0.1) is 11.8 Å². The van der Waals surface area contributed by atoms with Gasteiger partial charge in [-0.3, -0.25) is 4.40 Å². The molecule has 1 saturated carbocycles. The van der Waals surface area contributed by atoms with Gasteiger partial charge in [-0.1, -0.05) is 19.9 Å². The molecule has 0 bridgehead atoms. The van der Waals surface area contributed by atoms with Gasteiger partial charge in [0.05, 0.1) is 0 Å². The van der Waals surface area contributed by atoms with Crippen molar-refractivity contribution in [2.45, 2.75) is 45.6 Å². The van der Waals surface area contributed by atoms with E-state index in [2.05, 4.69) is 33.8 Å². The molecule has 3 atom stereocenters. The predicted octanol–water partition coefficient (Wildman–Crippen LogP) is 2.69. The summed E-state index contributed by atoms with van der Waals surface area (Å²) in [5.74, 6) is 2.77. The Labute approximate surface area is 120 Å². The van der Waals surface area contributed by atoms with E-state index in [1.807, 2.05) is 24.4 Å². The van der Waals surface area contributed by atoms with E-state index >= 15 is 0 Å². The molecular weight excluding hydrogens is 248 g/mol. The summed E-state index contributed by atoms with van der Waals surface area (Å²) in [4.78, 5) is 0. The molecule has 2 heterocycles. The summed E-state index contributed by atoms with van der Waals surface area (Å²) in [7, 11) is 0. The molecule has 1 fully saturated rings. The second-order valence-corrected chi connectivity index (χ2v) is 6.21. The molecule has 1 aliphatic carbocycles. The number of nitrogens with zero attached hydrogens (tertiary/aromatic N) is 3. The van der Waals surface area contributed by atoms with E-state index < -0.39 is 0 Å². The summed E-state index contributed by atoms with van der Waals surface area (Å²) in [6.45, 7) is 5.75. The van der Waals surface area contributed by atoms with Crippen LogP contribution in [0.15, 0.2) is 24.4 Å². The first-order valence-electron chi connectivity index (χ1n) is 7.76. The van der Waals surface area contributed by atoms with Crippen LogP contribution in [-0.2, 0) is 6.42 Å². The van der Waals surface area contributed by atoms with Gasteiger partial charge in [0.1, 0.15) is 5.82 Å². The van der Waals surface area contributed by atoms with Crippen molar-refractivity contribution in [2.24, 2.45) is 11.8 Å². The van der Waals surface area contributed by atoms with Gasteiger partial charge in [-0.05, 0) is 43.2 Å². The van der Waals surface area contributed by atoms with Crippen molar-refractivity contribution >= 4 is 5.65 Å². The molecule has 1 N–H and O–H groups in total. The van der Waals surface area contributed by atoms with Gasteiger partial charge in [0.15, 0.2) is 5.65 Å². The molecule has 20 heavy (non-hydrogen) atoms. The molecule has 4 heteroatoms. The Kier molecular flexibility index (Phi) is 4.01. The SMILES string of the molecule is CC1CCC(NCCc2nnc3ccccn23)CC1C. The molecule has 3 unspecified atom stereocenters. The molecular formula is C16H24N4. The highest BCUT2D eigenvalue weighted by Crippen LogP contribution is 2.29. The highest BCUT2D eigenvalue weighted by Gasteiger charge is 2.23. The quantitative estimate of drug-likeness (QED) is 0.930. The molecule has 1 aliphatic rings. The maximum Gasteiger partial charge on any atom is 0.160 e. The second-order valence-electron chi connectivity index (χ2n) is 6.21. The lowest BCUT2D eigenvalue weighted by atomic mass is 9.79. The topological polar surface area (TPSA) is 42.2 Å². The first-order chi connectivity index (χ1) is 9.74. The number of rotatable bonds is 4. The highest BCUT2D eigenvalue weighted by atomic mass is 15.2. The number of fused-ring (bicyclic) bond motifs is 1. The molecule has 2 aromatic heterocycles. The van der Waals surface area contributed by atoms with Crippen LogP contribution < -0.4 is 5.32 Å². The standard InChI is InChI=1S/C16H24N4/c1-12-6-7-14(11-13(12)2)17-9-8-16-19-18-15-5-3-4-10-20(15)16/h3-5,10,12-14,17H,6-9,11H2,1-2H3. The van der Waals surface area contributed by atoms with Gasteiger partial charge < -0.3 is 5.32 Å². The molecule has 0 amide bonds. The smallest absolute Gasteiger partial charge is 0.160 e. The maximum atomic E-state index is 4.28. The molecule has 0 aromatic carbocycles. The highest BCUT2D eigenvalue weighted by molar-refractivity contribution is 5.36. The van der Waals surface area contributed by atoms with Gasteiger partial charge in [-0.25, -0.2) is 0 Å². The lowest BCUT2D eigenvalue weighted by Crippen LogP contribution is -2.37. The summed E-state index contributed by atoms with van der Waals surface area (Å²) in [6.07, 6.45) is 6.95. The van der Waals surface area contributed by atoms with E-state index in [4.69, 9.17) is 0 Å². The number of nitrogens with one attached hydrogen (secondary N) is 1. The van der Waals surface area contributed by atoms with Gasteiger partial charge in [-0.2, -0.15) is 0 Å². The van der Waals surface area contributed by atoms with E-state index in [0.717, 1.165) is 36.3 Å². The minimum absolute atomic E-state index is 0.681. The molecule has 0 saturated heterocycles. The lowest BCUT2D eigenvalue weighted by Gasteiger charge is -2.32. The molecule has 2 aromatic rings. The molecule has 0 aliphatic heterocycles. The molecule has 4 nitrogen and oxygen atoms in total. The number of pyridine rings is 1. The third-order valence-electron chi connectivity index (χ3n) is 4.76. The fraction of sp³-hybridized carbons (Fsp3) is 0.625. The van der Waals surface area contributed by atoms with Crippen LogP contribution in [0.4, 0.5) is 0 Å². The zero-order chi connectivity index (χ0) is 13.9. The van der Waals surface area contributed by atoms with E-state index in [0.29, 0.717) is 6.04 Å². The Morgan fingerprint density at radius 2 is 2.10 bits per heavy atom. The largest absolute Gasteiger partial charge is 0.314 e. The Morgan fingerprint density at radius 1 is 1.20 bits per heavy atom. The van der Waals surface area contributed by atoms with Crippen molar-refractivity contribution in [1.82, 2.24) is 19.9 Å². The van der Waals surface area contributed by atoms with Gasteiger partial charge in [-0.15, -0.1) is 10.2 Å². The van der Waals surface area contributed by atoms with Crippen LogP contribution in [0.1, 0.15) is 38.9 Å². The third kappa shape index (κ3) is 2.85. The zero-order valence-electron chi connectivity index (χ0n) is 12.4. The Bertz CT molecular complexity index is 562. The Morgan fingerprint density at radius 3 is 2.95 bits per heavy atom. The predicted molar refractivity (Wildman–Crippen MR) is 80.7 cm³/mol. The fourth-order valence-electron chi connectivity index (χ4n) is 3.18. The average molecular weight is 272 g/mol. The van der Waals surface area contributed by atoms with Crippen molar-refractivity contribution < 1.29 is 0 Å². The molecule has 3 rings (SSSR count). The minimum atomic E-state index is 0.681. The summed E-state index contributed by atoms with van der Waals surface area (Å²) < 4.78 is 2.08. The number of aromatic nitrogens is 3. The van der Waals surface area contributed by atoms with E-state index in [1.54, 1.807) is 0 Å². The van der Waals surface area contributed by atoms with Crippen LogP contribution in [0.2, 0.25) is 0 Å². The van der Waals surface area contributed by atoms with E-state index in [1.165, 1.54) is 19.3 Å². The minimum Gasteiger partial charge on any atom is -0.314 e. The molecule has 0 spiro atoms. The Balaban J connectivity index is 1.53. The lowest BCUT2D eigenvalue weighted by molar-refractivity contribution is 0.227. The first kappa shape index (κ1) is 13.6. The van der Waals surface area contributed by atoms with E-state index in [9.17, 15) is 0 Å². The molecule has 0 radical (unpaired) electrons. The fourth-order valence-corrected chi connectivity index (χ4v) is 3.18. The monoisotopic (exact) mass is 272 g/mol. The summed E-state index contributed by atoms with van der Waals surface area (Å²) in [5.41, 5.74) is 0.933. The van der Waals surface area contributed by atoms with Gasteiger partial charge in [0.25, 0.3) is 0 Å². The van der Waals surface area contributed by atoms with Crippen LogP contribution in [0.25, 0.3) is 5.65 Å². The second kappa shape index (κ2) is 5.92. The normalized spacial score (nSPS) is 27.0. The van der Waals surface area contributed by atoms with Crippen molar-refractivity contribution in [3.05, 3.63) is 30.2 Å². The summed E-state index contributed by atoms with van der Waals surface area (Å²) in [5, 5.41) is 12.2. The summed E-state index contributed by atoms with van der Waals surface area (Å²) >= 11 is 0. The van der Waals surface area contributed by atoms with Crippen LogP contribution in [0.3, 0.4) is 0 Å². The van der Waals surface area contributed by atoms with Crippen LogP contribution >= 0.6 is 0 Å². The van der Waals surface area contributed by atoms with Crippen molar-refractivity contribution in [1.29, 1.82) is 0 Å².